The Morgan fingerprint density at radius 1 is 1.43 bits per heavy atom. The molecule has 0 saturated heterocycles. The van der Waals surface area contributed by atoms with Gasteiger partial charge in [0.05, 0.1) is 4.92 Å². The summed E-state index contributed by atoms with van der Waals surface area (Å²) < 4.78 is 16.9. The number of ether oxygens (including phenoxy) is 1. The standard InChI is InChI=1S/C15H14ClFN2O4/c1-11(16)12(4-2-3-9-17)10-18-15(20)23-14-7-5-13(6-8-14)19(21)22/h2-8H,1,9-10H2,(H,18,20)/b3-2-,12-4-. The molecule has 1 N–H and O–H groups in total. The zero-order valence-electron chi connectivity index (χ0n) is 12.0. The number of nitrogens with zero attached hydrogens (tertiary/aromatic N) is 1. The van der Waals surface area contributed by atoms with Crippen LogP contribution in [0.4, 0.5) is 14.9 Å². The van der Waals surface area contributed by atoms with Crippen LogP contribution >= 0.6 is 11.6 Å². The molecule has 1 rings (SSSR count). The molecule has 1 aromatic rings. The highest BCUT2D eigenvalue weighted by molar-refractivity contribution is 6.31. The molecule has 0 saturated carbocycles. The van der Waals surface area contributed by atoms with Crippen LogP contribution in [0.25, 0.3) is 0 Å². The van der Waals surface area contributed by atoms with Crippen molar-refractivity contribution >= 4 is 23.4 Å². The summed E-state index contributed by atoms with van der Waals surface area (Å²) in [7, 11) is 0. The van der Waals surface area contributed by atoms with E-state index < -0.39 is 17.7 Å². The molecule has 0 bridgehead atoms. The molecule has 0 aliphatic heterocycles. The fourth-order valence-electron chi connectivity index (χ4n) is 1.43. The van der Waals surface area contributed by atoms with Crippen LogP contribution in [0.5, 0.6) is 5.75 Å². The number of nitrogens with one attached hydrogen (secondary N) is 1. The van der Waals surface area contributed by atoms with Crippen LogP contribution < -0.4 is 10.1 Å². The zero-order valence-corrected chi connectivity index (χ0v) is 12.8. The van der Waals surface area contributed by atoms with E-state index in [9.17, 15) is 19.3 Å². The van der Waals surface area contributed by atoms with Gasteiger partial charge in [-0.1, -0.05) is 36.4 Å². The van der Waals surface area contributed by atoms with Gasteiger partial charge in [-0.15, -0.1) is 0 Å². The first-order chi connectivity index (χ1) is 10.9. The van der Waals surface area contributed by atoms with Crippen molar-refractivity contribution in [1.82, 2.24) is 5.32 Å². The van der Waals surface area contributed by atoms with Crippen LogP contribution in [0, 0.1) is 10.1 Å². The highest BCUT2D eigenvalue weighted by atomic mass is 35.5. The number of carbonyl (C=O) groups excluding carboxylic acids is 1. The summed E-state index contributed by atoms with van der Waals surface area (Å²) in [6.07, 6.45) is 3.47. The van der Waals surface area contributed by atoms with Crippen molar-refractivity contribution in [2.24, 2.45) is 0 Å². The highest BCUT2D eigenvalue weighted by Gasteiger charge is 2.09. The monoisotopic (exact) mass is 340 g/mol. The van der Waals surface area contributed by atoms with E-state index in [0.717, 1.165) is 0 Å². The number of rotatable bonds is 7. The van der Waals surface area contributed by atoms with Crippen LogP contribution in [0.15, 0.2) is 59.7 Å². The summed E-state index contributed by atoms with van der Waals surface area (Å²) in [6.45, 7) is 2.95. The summed E-state index contributed by atoms with van der Waals surface area (Å²) in [5.41, 5.74) is 0.373. The van der Waals surface area contributed by atoms with E-state index in [1.54, 1.807) is 0 Å². The number of carbonyl (C=O) groups is 1. The Labute approximate surface area is 137 Å². The van der Waals surface area contributed by atoms with Crippen molar-refractivity contribution < 1.29 is 18.8 Å². The summed E-state index contributed by atoms with van der Waals surface area (Å²) >= 11 is 5.77. The number of alkyl halides is 1. The third-order valence-corrected chi connectivity index (χ3v) is 2.80. The predicted octanol–water partition coefficient (Wildman–Crippen LogP) is 3.89. The highest BCUT2D eigenvalue weighted by Crippen LogP contribution is 2.17. The molecule has 6 nitrogen and oxygen atoms in total. The molecule has 1 amide bonds. The molecule has 0 atom stereocenters. The summed E-state index contributed by atoms with van der Waals surface area (Å²) in [6, 6.07) is 5.05. The topological polar surface area (TPSA) is 81.5 Å². The Kier molecular flexibility index (Phi) is 7.49. The zero-order chi connectivity index (χ0) is 17.2. The van der Waals surface area contributed by atoms with Gasteiger partial charge in [-0.3, -0.25) is 10.1 Å². The van der Waals surface area contributed by atoms with E-state index in [1.807, 2.05) is 0 Å². The van der Waals surface area contributed by atoms with Crippen LogP contribution in [0.3, 0.4) is 0 Å². The predicted molar refractivity (Wildman–Crippen MR) is 85.3 cm³/mol. The van der Waals surface area contributed by atoms with Gasteiger partial charge < -0.3 is 10.1 Å². The van der Waals surface area contributed by atoms with Crippen molar-refractivity contribution in [2.75, 3.05) is 13.2 Å². The normalized spacial score (nSPS) is 11.3. The second-order valence-corrected chi connectivity index (χ2v) is 4.63. The lowest BCUT2D eigenvalue weighted by molar-refractivity contribution is -0.384. The van der Waals surface area contributed by atoms with Crippen molar-refractivity contribution in [2.45, 2.75) is 0 Å². The number of halogens is 2. The maximum absolute atomic E-state index is 12.0. The van der Waals surface area contributed by atoms with Gasteiger partial charge in [-0.25, -0.2) is 9.18 Å². The Hall–Kier alpha value is -2.67. The molecule has 23 heavy (non-hydrogen) atoms. The number of allylic oxidation sites excluding steroid dienone is 3. The molecule has 0 aromatic heterocycles. The summed E-state index contributed by atoms with van der Waals surface area (Å²) in [4.78, 5) is 21.6. The van der Waals surface area contributed by atoms with E-state index in [4.69, 9.17) is 16.3 Å². The third kappa shape index (κ3) is 6.75. The smallest absolute Gasteiger partial charge is 0.410 e. The molecular weight excluding hydrogens is 327 g/mol. The number of non-ortho nitro benzene ring substituents is 1. The van der Waals surface area contributed by atoms with Crippen LogP contribution in [0.2, 0.25) is 0 Å². The number of hydrogen-bond acceptors (Lipinski definition) is 4. The molecule has 8 heteroatoms. The molecule has 122 valence electrons. The maximum atomic E-state index is 12.0. The van der Waals surface area contributed by atoms with Crippen LogP contribution in [-0.4, -0.2) is 24.2 Å². The minimum Gasteiger partial charge on any atom is -0.410 e. The molecule has 1 aromatic carbocycles. The SMILES string of the molecule is C=C(Cl)/C(=C\C=C/CF)CNC(=O)Oc1ccc([N+](=O)[O-])cc1. The molecule has 0 spiro atoms. The molecule has 0 heterocycles. The van der Waals surface area contributed by atoms with Gasteiger partial charge in [0.2, 0.25) is 0 Å². The number of hydrogen-bond donors (Lipinski definition) is 1. The van der Waals surface area contributed by atoms with Gasteiger partial charge in [0.1, 0.15) is 12.4 Å². The van der Waals surface area contributed by atoms with Crippen molar-refractivity contribution in [3.63, 3.8) is 0 Å². The van der Waals surface area contributed by atoms with Gasteiger partial charge in [-0.2, -0.15) is 0 Å². The minimum absolute atomic E-state index is 0.0325. The van der Waals surface area contributed by atoms with Gasteiger partial charge in [-0.05, 0) is 17.7 Å². The second-order valence-electron chi connectivity index (χ2n) is 4.17. The quantitative estimate of drug-likeness (QED) is 0.464. The number of amides is 1. The average molecular weight is 341 g/mol. The van der Waals surface area contributed by atoms with Gasteiger partial charge in [0, 0.05) is 23.7 Å². The lowest BCUT2D eigenvalue weighted by Crippen LogP contribution is -2.28. The van der Waals surface area contributed by atoms with Gasteiger partial charge in [0.15, 0.2) is 0 Å². The Morgan fingerprint density at radius 3 is 2.61 bits per heavy atom. The fourth-order valence-corrected chi connectivity index (χ4v) is 1.56. The molecule has 0 aliphatic rings. The van der Waals surface area contributed by atoms with E-state index in [-0.39, 0.29) is 23.0 Å². The van der Waals surface area contributed by atoms with Crippen LogP contribution in [0.1, 0.15) is 0 Å². The summed E-state index contributed by atoms with van der Waals surface area (Å²) in [5, 5.41) is 13.2. The van der Waals surface area contributed by atoms with Crippen molar-refractivity contribution in [3.8, 4) is 5.75 Å². The molecular formula is C15H14ClFN2O4. The van der Waals surface area contributed by atoms with E-state index >= 15 is 0 Å². The maximum Gasteiger partial charge on any atom is 0.412 e. The van der Waals surface area contributed by atoms with E-state index in [2.05, 4.69) is 11.9 Å². The molecule has 0 radical (unpaired) electrons. The average Bonchev–Trinajstić information content (AvgIpc) is 2.50. The minimum atomic E-state index is -0.767. The number of nitro groups is 1. The molecule has 0 fully saturated rings. The molecule has 0 aliphatic carbocycles. The lowest BCUT2D eigenvalue weighted by Gasteiger charge is -2.08. The Balaban J connectivity index is 2.58. The number of benzene rings is 1. The second kappa shape index (κ2) is 9.37. The van der Waals surface area contributed by atoms with E-state index in [1.165, 1.54) is 42.5 Å². The third-order valence-electron chi connectivity index (χ3n) is 2.55. The van der Waals surface area contributed by atoms with Crippen molar-refractivity contribution in [1.29, 1.82) is 0 Å². The largest absolute Gasteiger partial charge is 0.412 e. The fraction of sp³-hybridized carbons (Fsp3) is 0.133. The summed E-state index contributed by atoms with van der Waals surface area (Å²) in [5.74, 6) is 0.153. The Morgan fingerprint density at radius 2 is 2.09 bits per heavy atom. The first-order valence-electron chi connectivity index (χ1n) is 6.40. The first kappa shape index (κ1) is 18.4. The van der Waals surface area contributed by atoms with Crippen LogP contribution in [-0.2, 0) is 0 Å². The first-order valence-corrected chi connectivity index (χ1v) is 6.78. The molecule has 0 unspecified atom stereocenters. The van der Waals surface area contributed by atoms with E-state index in [0.29, 0.717) is 5.57 Å². The lowest BCUT2D eigenvalue weighted by atomic mass is 10.2. The number of nitro benzene ring substituents is 1. The Bertz CT molecular complexity index is 641. The van der Waals surface area contributed by atoms with Gasteiger partial charge in [0.25, 0.3) is 5.69 Å². The van der Waals surface area contributed by atoms with Gasteiger partial charge >= 0.3 is 6.09 Å². The van der Waals surface area contributed by atoms with Crippen molar-refractivity contribution in [3.05, 3.63) is 69.8 Å².